The number of amides is 1. The summed E-state index contributed by atoms with van der Waals surface area (Å²) < 4.78 is 1.84. The van der Waals surface area contributed by atoms with Gasteiger partial charge in [0.15, 0.2) is 0 Å². The molecule has 25 heavy (non-hydrogen) atoms. The highest BCUT2D eigenvalue weighted by Crippen LogP contribution is 2.21. The van der Waals surface area contributed by atoms with Gasteiger partial charge in [-0.15, -0.1) is 12.4 Å². The standard InChI is InChI=1S/C19H26N4O.ClH/c1-20-10-7-16-8-11-22(12-9-16)19(24)18-13-21-23(15-18)14-17-5-3-2-4-6-17;/h2-6,13,15-16,20H,7-12,14H2,1H3;1H. The first-order chi connectivity index (χ1) is 11.8. The summed E-state index contributed by atoms with van der Waals surface area (Å²) >= 11 is 0. The van der Waals surface area contributed by atoms with Crippen molar-refractivity contribution >= 4 is 18.3 Å². The monoisotopic (exact) mass is 362 g/mol. The number of aromatic nitrogens is 2. The lowest BCUT2D eigenvalue weighted by Gasteiger charge is -2.31. The summed E-state index contributed by atoms with van der Waals surface area (Å²) in [5.41, 5.74) is 1.88. The molecule has 1 aliphatic heterocycles. The summed E-state index contributed by atoms with van der Waals surface area (Å²) in [5, 5.41) is 7.55. The molecule has 1 saturated heterocycles. The second-order valence-electron chi connectivity index (χ2n) is 6.54. The molecule has 1 fully saturated rings. The van der Waals surface area contributed by atoms with Gasteiger partial charge in [-0.1, -0.05) is 30.3 Å². The van der Waals surface area contributed by atoms with Crippen molar-refractivity contribution in [2.45, 2.75) is 25.8 Å². The van der Waals surface area contributed by atoms with Crippen LogP contribution in [0.1, 0.15) is 35.2 Å². The van der Waals surface area contributed by atoms with Crippen LogP contribution >= 0.6 is 12.4 Å². The Morgan fingerprint density at radius 3 is 2.64 bits per heavy atom. The molecule has 0 bridgehead atoms. The maximum Gasteiger partial charge on any atom is 0.257 e. The van der Waals surface area contributed by atoms with E-state index in [0.29, 0.717) is 12.1 Å². The van der Waals surface area contributed by atoms with Crippen LogP contribution in [0.3, 0.4) is 0 Å². The van der Waals surface area contributed by atoms with Crippen molar-refractivity contribution < 1.29 is 4.79 Å². The Hall–Kier alpha value is -1.85. The van der Waals surface area contributed by atoms with Crippen LogP contribution in [0, 0.1) is 5.92 Å². The summed E-state index contributed by atoms with van der Waals surface area (Å²) in [6.07, 6.45) is 6.96. The lowest BCUT2D eigenvalue weighted by molar-refractivity contribution is 0.0687. The molecule has 6 heteroatoms. The topological polar surface area (TPSA) is 50.2 Å². The highest BCUT2D eigenvalue weighted by molar-refractivity contribution is 5.93. The zero-order valence-electron chi connectivity index (χ0n) is 14.7. The number of carbonyl (C=O) groups is 1. The summed E-state index contributed by atoms with van der Waals surface area (Å²) in [4.78, 5) is 14.6. The van der Waals surface area contributed by atoms with E-state index in [2.05, 4.69) is 22.5 Å². The van der Waals surface area contributed by atoms with Crippen LogP contribution in [0.25, 0.3) is 0 Å². The Morgan fingerprint density at radius 1 is 1.24 bits per heavy atom. The minimum absolute atomic E-state index is 0. The minimum atomic E-state index is 0. The number of likely N-dealkylation sites (tertiary alicyclic amines) is 1. The predicted molar refractivity (Wildman–Crippen MR) is 102 cm³/mol. The van der Waals surface area contributed by atoms with E-state index in [0.717, 1.165) is 38.4 Å². The SMILES string of the molecule is CNCCC1CCN(C(=O)c2cnn(Cc3ccccc3)c2)CC1.Cl. The van der Waals surface area contributed by atoms with E-state index in [9.17, 15) is 4.79 Å². The van der Waals surface area contributed by atoms with Gasteiger partial charge in [0.1, 0.15) is 0 Å². The molecule has 0 saturated carbocycles. The average Bonchev–Trinajstić information content (AvgIpc) is 3.09. The molecule has 1 N–H and O–H groups in total. The summed E-state index contributed by atoms with van der Waals surface area (Å²) in [6.45, 7) is 3.47. The van der Waals surface area contributed by atoms with Gasteiger partial charge in [0, 0.05) is 19.3 Å². The Morgan fingerprint density at radius 2 is 1.96 bits per heavy atom. The molecule has 1 aromatic carbocycles. The van der Waals surface area contributed by atoms with Gasteiger partial charge in [-0.25, -0.2) is 0 Å². The van der Waals surface area contributed by atoms with Crippen LogP contribution in [0.5, 0.6) is 0 Å². The Kier molecular flexibility index (Phi) is 7.47. The third kappa shape index (κ3) is 5.31. The second kappa shape index (κ2) is 9.59. The van der Waals surface area contributed by atoms with Gasteiger partial charge < -0.3 is 10.2 Å². The van der Waals surface area contributed by atoms with Crippen molar-refractivity contribution in [1.29, 1.82) is 0 Å². The second-order valence-corrected chi connectivity index (χ2v) is 6.54. The van der Waals surface area contributed by atoms with E-state index >= 15 is 0 Å². The smallest absolute Gasteiger partial charge is 0.257 e. The number of benzene rings is 1. The zero-order chi connectivity index (χ0) is 16.8. The molecule has 3 rings (SSSR count). The fourth-order valence-corrected chi connectivity index (χ4v) is 3.29. The number of hydrogen-bond donors (Lipinski definition) is 1. The van der Waals surface area contributed by atoms with Crippen molar-refractivity contribution in [2.24, 2.45) is 5.92 Å². The van der Waals surface area contributed by atoms with Gasteiger partial charge in [-0.3, -0.25) is 9.48 Å². The van der Waals surface area contributed by atoms with Gasteiger partial charge in [0.2, 0.25) is 0 Å². The zero-order valence-corrected chi connectivity index (χ0v) is 15.5. The summed E-state index contributed by atoms with van der Waals surface area (Å²) in [5.74, 6) is 0.851. The molecule has 2 heterocycles. The fraction of sp³-hybridized carbons (Fsp3) is 0.474. The third-order valence-corrected chi connectivity index (χ3v) is 4.77. The van der Waals surface area contributed by atoms with Crippen molar-refractivity contribution in [3.05, 3.63) is 53.9 Å². The van der Waals surface area contributed by atoms with E-state index in [1.54, 1.807) is 6.20 Å². The van der Waals surface area contributed by atoms with E-state index in [-0.39, 0.29) is 18.3 Å². The number of halogens is 1. The van der Waals surface area contributed by atoms with Crippen LogP contribution in [-0.2, 0) is 6.54 Å². The number of nitrogens with zero attached hydrogens (tertiary/aromatic N) is 3. The molecular formula is C19H27ClN4O. The van der Waals surface area contributed by atoms with E-state index in [1.807, 2.05) is 41.0 Å². The molecule has 1 aliphatic rings. The van der Waals surface area contributed by atoms with Gasteiger partial charge in [0.05, 0.1) is 18.3 Å². The Balaban J connectivity index is 0.00000225. The highest BCUT2D eigenvalue weighted by Gasteiger charge is 2.24. The van der Waals surface area contributed by atoms with E-state index in [4.69, 9.17) is 0 Å². The molecule has 136 valence electrons. The molecular weight excluding hydrogens is 336 g/mol. The van der Waals surface area contributed by atoms with Gasteiger partial charge in [0.25, 0.3) is 5.91 Å². The van der Waals surface area contributed by atoms with Crippen LogP contribution in [0.15, 0.2) is 42.7 Å². The number of carbonyl (C=O) groups excluding carboxylic acids is 1. The van der Waals surface area contributed by atoms with Crippen LogP contribution < -0.4 is 5.32 Å². The third-order valence-electron chi connectivity index (χ3n) is 4.77. The minimum Gasteiger partial charge on any atom is -0.339 e. The summed E-state index contributed by atoms with van der Waals surface area (Å²) in [6, 6.07) is 10.2. The lowest BCUT2D eigenvalue weighted by Crippen LogP contribution is -2.38. The first kappa shape index (κ1) is 19.5. The Labute approximate surface area is 155 Å². The maximum atomic E-state index is 12.6. The van der Waals surface area contributed by atoms with Gasteiger partial charge in [-0.2, -0.15) is 5.10 Å². The van der Waals surface area contributed by atoms with Crippen molar-refractivity contribution in [3.63, 3.8) is 0 Å². The normalized spacial score (nSPS) is 15.0. The van der Waals surface area contributed by atoms with Crippen LogP contribution in [0.4, 0.5) is 0 Å². The molecule has 0 radical (unpaired) electrons. The molecule has 0 spiro atoms. The fourth-order valence-electron chi connectivity index (χ4n) is 3.29. The van der Waals surface area contributed by atoms with E-state index < -0.39 is 0 Å². The summed E-state index contributed by atoms with van der Waals surface area (Å²) in [7, 11) is 1.99. The van der Waals surface area contributed by atoms with Crippen molar-refractivity contribution in [3.8, 4) is 0 Å². The highest BCUT2D eigenvalue weighted by atomic mass is 35.5. The molecule has 5 nitrogen and oxygen atoms in total. The lowest BCUT2D eigenvalue weighted by atomic mass is 9.93. The number of rotatable bonds is 6. The first-order valence-electron chi connectivity index (χ1n) is 8.76. The predicted octanol–water partition coefficient (Wildman–Crippen LogP) is 2.81. The molecule has 0 unspecified atom stereocenters. The van der Waals surface area contributed by atoms with Crippen molar-refractivity contribution in [1.82, 2.24) is 20.0 Å². The molecule has 0 aliphatic carbocycles. The molecule has 2 aromatic rings. The van der Waals surface area contributed by atoms with E-state index in [1.165, 1.54) is 12.0 Å². The molecule has 1 aromatic heterocycles. The van der Waals surface area contributed by atoms with Crippen LogP contribution in [-0.4, -0.2) is 47.3 Å². The molecule has 1 amide bonds. The number of nitrogens with one attached hydrogen (secondary N) is 1. The average molecular weight is 363 g/mol. The van der Waals surface area contributed by atoms with Crippen molar-refractivity contribution in [2.75, 3.05) is 26.7 Å². The number of hydrogen-bond acceptors (Lipinski definition) is 3. The quantitative estimate of drug-likeness (QED) is 0.859. The number of piperidine rings is 1. The van der Waals surface area contributed by atoms with Crippen LogP contribution in [0.2, 0.25) is 0 Å². The van der Waals surface area contributed by atoms with Gasteiger partial charge in [-0.05, 0) is 44.3 Å². The van der Waals surface area contributed by atoms with Gasteiger partial charge >= 0.3 is 0 Å². The molecule has 0 atom stereocenters. The maximum absolute atomic E-state index is 12.6. The first-order valence-corrected chi connectivity index (χ1v) is 8.76. The Bertz CT molecular complexity index is 650. The largest absolute Gasteiger partial charge is 0.339 e.